The zero-order valence-electron chi connectivity index (χ0n) is 16.5. The van der Waals surface area contributed by atoms with Gasteiger partial charge in [-0.2, -0.15) is 15.8 Å². The van der Waals surface area contributed by atoms with Crippen LogP contribution >= 0.6 is 0 Å². The van der Waals surface area contributed by atoms with Gasteiger partial charge in [0.2, 0.25) is 6.04 Å². The predicted octanol–water partition coefficient (Wildman–Crippen LogP) is 3.60. The second kappa shape index (κ2) is 7.70. The third-order valence-electron chi connectivity index (χ3n) is 5.77. The van der Waals surface area contributed by atoms with Crippen LogP contribution in [0.4, 0.5) is 0 Å². The Morgan fingerprint density at radius 3 is 1.80 bits per heavy atom. The molecule has 7 heteroatoms. The first kappa shape index (κ1) is 20.6. The lowest BCUT2D eigenvalue weighted by atomic mass is 9.58. The number of nitro groups is 1. The summed E-state index contributed by atoms with van der Waals surface area (Å²) < 4.78 is 0. The Balaban J connectivity index is 2.40. The molecule has 0 spiro atoms. The maximum Gasteiger partial charge on any atom is 0.234 e. The molecular weight excluding hydrogens is 378 g/mol. The number of benzene rings is 2. The van der Waals surface area contributed by atoms with E-state index in [1.165, 1.54) is 0 Å². The van der Waals surface area contributed by atoms with Crippen LogP contribution in [-0.2, 0) is 0 Å². The zero-order chi connectivity index (χ0) is 22.1. The number of nitrogens with zero attached hydrogens (tertiary/aromatic N) is 4. The van der Waals surface area contributed by atoms with Gasteiger partial charge < -0.3 is 5.73 Å². The molecule has 1 aliphatic rings. The zero-order valence-corrected chi connectivity index (χ0v) is 16.5. The molecule has 0 radical (unpaired) electrons. The molecule has 0 heterocycles. The van der Waals surface area contributed by atoms with E-state index in [1.54, 1.807) is 48.5 Å². The molecule has 1 aliphatic carbocycles. The van der Waals surface area contributed by atoms with Crippen molar-refractivity contribution in [1.29, 1.82) is 15.8 Å². The molecule has 0 saturated heterocycles. The molecule has 0 bridgehead atoms. The Morgan fingerprint density at radius 2 is 1.40 bits per heavy atom. The van der Waals surface area contributed by atoms with Crippen molar-refractivity contribution in [3.05, 3.63) is 92.2 Å². The number of rotatable bonds is 3. The minimum absolute atomic E-state index is 0.105. The van der Waals surface area contributed by atoms with Crippen LogP contribution in [0, 0.1) is 63.4 Å². The summed E-state index contributed by atoms with van der Waals surface area (Å²) in [7, 11) is 0. The van der Waals surface area contributed by atoms with Crippen LogP contribution in [0.2, 0.25) is 0 Å². The van der Waals surface area contributed by atoms with E-state index in [2.05, 4.69) is 0 Å². The van der Waals surface area contributed by atoms with Gasteiger partial charge in [0.15, 0.2) is 5.41 Å². The van der Waals surface area contributed by atoms with Crippen molar-refractivity contribution in [1.82, 2.24) is 0 Å². The molecule has 0 saturated carbocycles. The van der Waals surface area contributed by atoms with E-state index in [-0.39, 0.29) is 11.3 Å². The van der Waals surface area contributed by atoms with Gasteiger partial charge >= 0.3 is 0 Å². The standard InChI is InChI=1S/C23H19N5O2/c1-14-3-7-16(8-4-14)19-18(11-24)22(27)23(12-25,13-26)20(21(19)28(29)30)17-9-5-15(2)6-10-17/h3-10,19-21H,27H2,1-2H3/t19-,20+,21-/m0/s1. The molecule has 7 nitrogen and oxygen atoms in total. The van der Waals surface area contributed by atoms with Crippen molar-refractivity contribution in [3.63, 3.8) is 0 Å². The van der Waals surface area contributed by atoms with Gasteiger partial charge in [0.05, 0.1) is 41.3 Å². The van der Waals surface area contributed by atoms with E-state index >= 15 is 0 Å². The van der Waals surface area contributed by atoms with Crippen molar-refractivity contribution < 1.29 is 4.92 Å². The van der Waals surface area contributed by atoms with Crippen LogP contribution in [0.15, 0.2) is 59.8 Å². The van der Waals surface area contributed by atoms with Gasteiger partial charge in [-0.05, 0) is 25.0 Å². The normalized spacial score (nSPS) is 22.4. The second-order valence-electron chi connectivity index (χ2n) is 7.52. The van der Waals surface area contributed by atoms with E-state index < -0.39 is 28.2 Å². The maximum absolute atomic E-state index is 12.4. The summed E-state index contributed by atoms with van der Waals surface area (Å²) >= 11 is 0. The fourth-order valence-electron chi connectivity index (χ4n) is 4.18. The lowest BCUT2D eigenvalue weighted by Crippen LogP contribution is -2.50. The minimum Gasteiger partial charge on any atom is -0.399 e. The number of aryl methyl sites for hydroxylation is 2. The van der Waals surface area contributed by atoms with Crippen LogP contribution in [0.5, 0.6) is 0 Å². The van der Waals surface area contributed by atoms with E-state index in [1.807, 2.05) is 32.1 Å². The first-order valence-electron chi connectivity index (χ1n) is 9.30. The average Bonchev–Trinajstić information content (AvgIpc) is 2.74. The van der Waals surface area contributed by atoms with Crippen molar-refractivity contribution in [2.45, 2.75) is 31.7 Å². The van der Waals surface area contributed by atoms with Gasteiger partial charge in [-0.15, -0.1) is 0 Å². The summed E-state index contributed by atoms with van der Waals surface area (Å²) in [6.45, 7) is 3.76. The topological polar surface area (TPSA) is 141 Å². The van der Waals surface area contributed by atoms with Crippen molar-refractivity contribution in [3.8, 4) is 18.2 Å². The second-order valence-corrected chi connectivity index (χ2v) is 7.52. The Hall–Kier alpha value is -4.15. The van der Waals surface area contributed by atoms with Gasteiger partial charge in [-0.1, -0.05) is 59.7 Å². The van der Waals surface area contributed by atoms with Crippen LogP contribution < -0.4 is 5.73 Å². The molecule has 148 valence electrons. The van der Waals surface area contributed by atoms with E-state index in [9.17, 15) is 25.9 Å². The molecule has 2 aromatic rings. The molecule has 0 fully saturated rings. The van der Waals surface area contributed by atoms with Gasteiger partial charge in [-0.25, -0.2) is 0 Å². The van der Waals surface area contributed by atoms with Crippen LogP contribution in [-0.4, -0.2) is 11.0 Å². The Labute approximate surface area is 174 Å². The molecule has 2 aromatic carbocycles. The summed E-state index contributed by atoms with van der Waals surface area (Å²) in [5.41, 5.74) is 6.80. The summed E-state index contributed by atoms with van der Waals surface area (Å²) in [5.74, 6) is -2.13. The number of hydrogen-bond donors (Lipinski definition) is 1. The highest BCUT2D eigenvalue weighted by atomic mass is 16.6. The van der Waals surface area contributed by atoms with Gasteiger partial charge in [0.25, 0.3) is 0 Å². The number of allylic oxidation sites excluding steroid dienone is 1. The van der Waals surface area contributed by atoms with E-state index in [4.69, 9.17) is 5.73 Å². The number of nitrogens with two attached hydrogens (primary N) is 1. The van der Waals surface area contributed by atoms with Crippen LogP contribution in [0.3, 0.4) is 0 Å². The minimum atomic E-state index is -2.03. The summed E-state index contributed by atoms with van der Waals surface area (Å²) in [6, 6.07) is 18.3. The third-order valence-corrected chi connectivity index (χ3v) is 5.77. The highest BCUT2D eigenvalue weighted by molar-refractivity contribution is 5.54. The number of nitriles is 3. The Morgan fingerprint density at radius 1 is 0.933 bits per heavy atom. The van der Waals surface area contributed by atoms with Gasteiger partial charge in [0.1, 0.15) is 0 Å². The largest absolute Gasteiger partial charge is 0.399 e. The Kier molecular flexibility index (Phi) is 5.28. The molecule has 0 unspecified atom stereocenters. The molecule has 3 atom stereocenters. The lowest BCUT2D eigenvalue weighted by Gasteiger charge is -2.40. The SMILES string of the molecule is Cc1ccc([C@H]2C(C#N)=C(N)C(C#N)(C#N)[C@H](c3ccc(C)cc3)[C@H]2[N+](=O)[O-])cc1. The van der Waals surface area contributed by atoms with Crippen LogP contribution in [0.25, 0.3) is 0 Å². The predicted molar refractivity (Wildman–Crippen MR) is 109 cm³/mol. The monoisotopic (exact) mass is 397 g/mol. The van der Waals surface area contributed by atoms with Gasteiger partial charge in [-0.3, -0.25) is 10.1 Å². The van der Waals surface area contributed by atoms with Crippen molar-refractivity contribution >= 4 is 0 Å². The molecular formula is C23H19N5O2. The summed E-state index contributed by atoms with van der Waals surface area (Å²) in [6.07, 6.45) is 0. The molecule has 0 amide bonds. The molecule has 30 heavy (non-hydrogen) atoms. The quantitative estimate of drug-likeness (QED) is 0.619. The lowest BCUT2D eigenvalue weighted by molar-refractivity contribution is -0.532. The highest BCUT2D eigenvalue weighted by Gasteiger charge is 2.60. The number of hydrogen-bond acceptors (Lipinski definition) is 6. The fraction of sp³-hybridized carbons (Fsp3) is 0.261. The Bertz CT molecular complexity index is 1130. The van der Waals surface area contributed by atoms with Crippen molar-refractivity contribution in [2.24, 2.45) is 11.1 Å². The smallest absolute Gasteiger partial charge is 0.234 e. The average molecular weight is 397 g/mol. The van der Waals surface area contributed by atoms with Gasteiger partial charge in [0, 0.05) is 4.92 Å². The maximum atomic E-state index is 12.4. The van der Waals surface area contributed by atoms with Crippen molar-refractivity contribution in [2.75, 3.05) is 0 Å². The fourth-order valence-corrected chi connectivity index (χ4v) is 4.18. The first-order valence-corrected chi connectivity index (χ1v) is 9.30. The molecule has 0 aromatic heterocycles. The summed E-state index contributed by atoms with van der Waals surface area (Å²) in [5, 5.41) is 42.2. The third kappa shape index (κ3) is 3.05. The summed E-state index contributed by atoms with van der Waals surface area (Å²) in [4.78, 5) is 11.9. The van der Waals surface area contributed by atoms with E-state index in [0.717, 1.165) is 11.1 Å². The first-order chi connectivity index (χ1) is 14.3. The highest BCUT2D eigenvalue weighted by Crippen LogP contribution is 2.53. The van der Waals surface area contributed by atoms with Crippen LogP contribution in [0.1, 0.15) is 34.1 Å². The molecule has 3 rings (SSSR count). The molecule has 0 aliphatic heterocycles. The molecule has 2 N–H and O–H groups in total. The van der Waals surface area contributed by atoms with E-state index in [0.29, 0.717) is 11.1 Å².